The molecule has 0 aliphatic heterocycles. The van der Waals surface area contributed by atoms with Crippen molar-refractivity contribution < 1.29 is 14.3 Å². The van der Waals surface area contributed by atoms with Crippen LogP contribution in [0, 0.1) is 6.92 Å². The smallest absolute Gasteiger partial charge is 0.257 e. The fraction of sp³-hybridized carbons (Fsp3) is 0.235. The molecule has 1 aromatic carbocycles. The SMILES string of the molecule is COc1ccc(Cl)cc1C(=O)N(C)CC(=O)Nc1cccc(C)n1. The van der Waals surface area contributed by atoms with Crippen molar-refractivity contribution in [3.05, 3.63) is 52.7 Å². The number of aromatic nitrogens is 1. The number of methoxy groups -OCH3 is 1. The highest BCUT2D eigenvalue weighted by atomic mass is 35.5. The fourth-order valence-corrected chi connectivity index (χ4v) is 2.31. The summed E-state index contributed by atoms with van der Waals surface area (Å²) in [5.74, 6) is 0.143. The summed E-state index contributed by atoms with van der Waals surface area (Å²) in [6.07, 6.45) is 0. The lowest BCUT2D eigenvalue weighted by atomic mass is 10.1. The number of pyridine rings is 1. The van der Waals surface area contributed by atoms with Gasteiger partial charge in [0.05, 0.1) is 19.2 Å². The van der Waals surface area contributed by atoms with Gasteiger partial charge in [0.25, 0.3) is 5.91 Å². The predicted octanol–water partition coefficient (Wildman–Crippen LogP) is 2.76. The molecule has 1 aromatic heterocycles. The average molecular weight is 348 g/mol. The second-order valence-corrected chi connectivity index (χ2v) is 5.65. The van der Waals surface area contributed by atoms with Crippen LogP contribution in [0.5, 0.6) is 5.75 Å². The number of rotatable bonds is 5. The third-order valence-corrected chi connectivity index (χ3v) is 3.51. The van der Waals surface area contributed by atoms with E-state index in [-0.39, 0.29) is 18.4 Å². The van der Waals surface area contributed by atoms with Gasteiger partial charge in [0.2, 0.25) is 5.91 Å². The van der Waals surface area contributed by atoms with Crippen LogP contribution in [0.2, 0.25) is 5.02 Å². The highest BCUT2D eigenvalue weighted by Crippen LogP contribution is 2.23. The largest absolute Gasteiger partial charge is 0.496 e. The Hall–Kier alpha value is -2.60. The number of amides is 2. The van der Waals surface area contributed by atoms with Gasteiger partial charge >= 0.3 is 0 Å². The molecular formula is C17H18ClN3O3. The Bertz CT molecular complexity index is 764. The summed E-state index contributed by atoms with van der Waals surface area (Å²) in [7, 11) is 3.00. The Labute approximate surface area is 145 Å². The molecule has 0 unspecified atom stereocenters. The number of nitrogens with zero attached hydrogens (tertiary/aromatic N) is 2. The second-order valence-electron chi connectivity index (χ2n) is 5.22. The highest BCUT2D eigenvalue weighted by molar-refractivity contribution is 6.31. The van der Waals surface area contributed by atoms with Crippen LogP contribution in [0.15, 0.2) is 36.4 Å². The number of anilines is 1. The number of hydrogen-bond acceptors (Lipinski definition) is 4. The van der Waals surface area contributed by atoms with E-state index in [0.29, 0.717) is 22.2 Å². The number of ether oxygens (including phenoxy) is 1. The number of halogens is 1. The number of carbonyl (C=O) groups excluding carboxylic acids is 2. The van der Waals surface area contributed by atoms with Crippen LogP contribution in [-0.4, -0.2) is 42.4 Å². The summed E-state index contributed by atoms with van der Waals surface area (Å²) in [5.41, 5.74) is 1.09. The predicted molar refractivity (Wildman–Crippen MR) is 92.6 cm³/mol. The van der Waals surface area contributed by atoms with Crippen LogP contribution >= 0.6 is 11.6 Å². The van der Waals surface area contributed by atoms with Crippen molar-refractivity contribution in [3.8, 4) is 5.75 Å². The molecule has 0 atom stereocenters. The van der Waals surface area contributed by atoms with E-state index >= 15 is 0 Å². The van der Waals surface area contributed by atoms with Crippen molar-refractivity contribution in [1.29, 1.82) is 0 Å². The van der Waals surface area contributed by atoms with Gasteiger partial charge < -0.3 is 15.0 Å². The van der Waals surface area contributed by atoms with Crippen molar-refractivity contribution in [2.45, 2.75) is 6.92 Å². The zero-order chi connectivity index (χ0) is 17.7. The molecule has 6 nitrogen and oxygen atoms in total. The van der Waals surface area contributed by atoms with Gasteiger partial charge in [0, 0.05) is 17.8 Å². The van der Waals surface area contributed by atoms with Crippen LogP contribution in [0.25, 0.3) is 0 Å². The van der Waals surface area contributed by atoms with Crippen LogP contribution < -0.4 is 10.1 Å². The third-order valence-electron chi connectivity index (χ3n) is 3.28. The van der Waals surface area contributed by atoms with E-state index in [2.05, 4.69) is 10.3 Å². The quantitative estimate of drug-likeness (QED) is 0.902. The minimum atomic E-state index is -0.360. The lowest BCUT2D eigenvalue weighted by molar-refractivity contribution is -0.116. The summed E-state index contributed by atoms with van der Waals surface area (Å²) in [6.45, 7) is 1.71. The molecule has 2 aromatic rings. The lowest BCUT2D eigenvalue weighted by Gasteiger charge is -2.18. The highest BCUT2D eigenvalue weighted by Gasteiger charge is 2.19. The van der Waals surface area contributed by atoms with E-state index < -0.39 is 0 Å². The Kier molecular flexibility index (Phi) is 5.76. The Morgan fingerprint density at radius 3 is 2.71 bits per heavy atom. The topological polar surface area (TPSA) is 71.5 Å². The van der Waals surface area contributed by atoms with Crippen LogP contribution in [0.4, 0.5) is 5.82 Å². The van der Waals surface area contributed by atoms with E-state index in [4.69, 9.17) is 16.3 Å². The zero-order valence-corrected chi connectivity index (χ0v) is 14.4. The molecule has 0 aliphatic carbocycles. The normalized spacial score (nSPS) is 10.2. The maximum absolute atomic E-state index is 12.5. The molecule has 126 valence electrons. The van der Waals surface area contributed by atoms with Gasteiger partial charge in [0.15, 0.2) is 0 Å². The summed E-state index contributed by atoms with van der Waals surface area (Å²) in [5, 5.41) is 3.08. The van der Waals surface area contributed by atoms with Gasteiger partial charge in [-0.3, -0.25) is 9.59 Å². The summed E-state index contributed by atoms with van der Waals surface area (Å²) in [4.78, 5) is 30.1. The van der Waals surface area contributed by atoms with Crippen LogP contribution in [0.3, 0.4) is 0 Å². The molecule has 1 heterocycles. The second kappa shape index (κ2) is 7.79. The number of aryl methyl sites for hydroxylation is 1. The number of likely N-dealkylation sites (N-methyl/N-ethyl adjacent to an activating group) is 1. The molecule has 0 saturated heterocycles. The van der Waals surface area contributed by atoms with Gasteiger partial charge in [-0.05, 0) is 37.3 Å². The molecule has 0 bridgehead atoms. The third kappa shape index (κ3) is 4.45. The summed E-state index contributed by atoms with van der Waals surface area (Å²) < 4.78 is 5.17. The number of carbonyl (C=O) groups is 2. The van der Waals surface area contributed by atoms with Gasteiger partial charge in [0.1, 0.15) is 11.6 Å². The Morgan fingerprint density at radius 2 is 2.04 bits per heavy atom. The van der Waals surface area contributed by atoms with Crippen molar-refractivity contribution in [1.82, 2.24) is 9.88 Å². The van der Waals surface area contributed by atoms with E-state index in [0.717, 1.165) is 5.69 Å². The maximum Gasteiger partial charge on any atom is 0.257 e. The van der Waals surface area contributed by atoms with Gasteiger partial charge in [-0.15, -0.1) is 0 Å². The van der Waals surface area contributed by atoms with E-state index in [1.54, 1.807) is 24.3 Å². The number of hydrogen-bond donors (Lipinski definition) is 1. The molecule has 0 spiro atoms. The Balaban J connectivity index is 2.06. The minimum absolute atomic E-state index is 0.121. The molecule has 0 radical (unpaired) electrons. The molecule has 1 N–H and O–H groups in total. The van der Waals surface area contributed by atoms with Crippen molar-refractivity contribution in [3.63, 3.8) is 0 Å². The molecule has 24 heavy (non-hydrogen) atoms. The summed E-state index contributed by atoms with van der Waals surface area (Å²) in [6, 6.07) is 10.1. The first-order chi connectivity index (χ1) is 11.4. The number of nitrogens with one attached hydrogen (secondary N) is 1. The molecule has 2 amide bonds. The molecule has 7 heteroatoms. The van der Waals surface area contributed by atoms with E-state index in [1.165, 1.54) is 25.1 Å². The lowest BCUT2D eigenvalue weighted by Crippen LogP contribution is -2.35. The van der Waals surface area contributed by atoms with E-state index in [1.807, 2.05) is 13.0 Å². The standard InChI is InChI=1S/C17H18ClN3O3/c1-11-5-4-6-15(19-11)20-16(22)10-21(2)17(23)13-9-12(18)7-8-14(13)24-3/h4-9H,10H2,1-3H3,(H,19,20,22). The molecule has 2 rings (SSSR count). The first-order valence-electron chi connectivity index (χ1n) is 7.23. The molecular weight excluding hydrogens is 330 g/mol. The van der Waals surface area contributed by atoms with Crippen LogP contribution in [0.1, 0.15) is 16.1 Å². The van der Waals surface area contributed by atoms with Crippen molar-refractivity contribution in [2.75, 3.05) is 26.0 Å². The Morgan fingerprint density at radius 1 is 1.29 bits per heavy atom. The zero-order valence-electron chi connectivity index (χ0n) is 13.7. The number of benzene rings is 1. The van der Waals surface area contributed by atoms with Crippen molar-refractivity contribution in [2.24, 2.45) is 0 Å². The first-order valence-corrected chi connectivity index (χ1v) is 7.61. The van der Waals surface area contributed by atoms with E-state index in [9.17, 15) is 9.59 Å². The van der Waals surface area contributed by atoms with Gasteiger partial charge in [-0.2, -0.15) is 0 Å². The molecule has 0 saturated carbocycles. The monoisotopic (exact) mass is 347 g/mol. The van der Waals surface area contributed by atoms with Crippen molar-refractivity contribution >= 4 is 29.2 Å². The maximum atomic E-state index is 12.5. The van der Waals surface area contributed by atoms with Crippen LogP contribution in [-0.2, 0) is 4.79 Å². The minimum Gasteiger partial charge on any atom is -0.496 e. The average Bonchev–Trinajstić information content (AvgIpc) is 2.53. The van der Waals surface area contributed by atoms with Gasteiger partial charge in [-0.25, -0.2) is 4.98 Å². The fourth-order valence-electron chi connectivity index (χ4n) is 2.14. The molecule has 0 aliphatic rings. The summed E-state index contributed by atoms with van der Waals surface area (Å²) >= 11 is 5.94. The molecule has 0 fully saturated rings. The van der Waals surface area contributed by atoms with Gasteiger partial charge in [-0.1, -0.05) is 17.7 Å². The first kappa shape index (κ1) is 17.7.